The van der Waals surface area contributed by atoms with Crippen LogP contribution in [0, 0.1) is 0 Å². The molecule has 290 valence electrons. The van der Waals surface area contributed by atoms with Gasteiger partial charge in [-0.3, -0.25) is 19.2 Å². The van der Waals surface area contributed by atoms with Crippen molar-refractivity contribution < 1.29 is 22.7 Å². The van der Waals surface area contributed by atoms with Crippen molar-refractivity contribution in [2.45, 2.75) is 114 Å². The van der Waals surface area contributed by atoms with E-state index >= 15 is 0 Å². The Kier molecular flexibility index (Phi) is 9.19. The number of allylic oxidation sites excluding steroid dienone is 1. The van der Waals surface area contributed by atoms with Gasteiger partial charge in [0.15, 0.2) is 0 Å². The standard InChI is InChI=1S/C43H52N6O5S/c1-5-46-24-33-21-32(46)25-47(33)43(51)37-22-44-49(31-12-9-13-31)40(37)30-18-29-19-34(54-4)15-17-35(29)41-39(27-10-7-6-8-11-27)36-16-14-28(20-38(36)48(41)23-30)42(50)45-55(52,53)26(2)3/h14-20,22,26-27,31-33H,5-13,21,23-25H2,1-4H3,(H,45,50)/t32-,33-/m1/s1. The van der Waals surface area contributed by atoms with Crippen LogP contribution in [-0.4, -0.2) is 88.5 Å². The molecule has 2 aromatic carbocycles. The normalized spacial score (nSPS) is 21.7. The summed E-state index contributed by atoms with van der Waals surface area (Å²) in [6, 6.07) is 12.7. The van der Waals surface area contributed by atoms with E-state index in [0.29, 0.717) is 24.1 Å². The molecule has 2 aliphatic carbocycles. The summed E-state index contributed by atoms with van der Waals surface area (Å²) in [6.45, 7) is 8.40. The molecule has 2 bridgehead atoms. The van der Waals surface area contributed by atoms with Crippen molar-refractivity contribution in [3.63, 3.8) is 0 Å². The number of methoxy groups -OCH3 is 1. The molecule has 2 amide bonds. The number of hydrogen-bond acceptors (Lipinski definition) is 7. The third-order valence-electron chi connectivity index (χ3n) is 13.2. The van der Waals surface area contributed by atoms with E-state index in [0.717, 1.165) is 116 Å². The highest BCUT2D eigenvalue weighted by Gasteiger charge is 2.46. The van der Waals surface area contributed by atoms with Crippen LogP contribution in [0.15, 0.2) is 42.6 Å². The number of likely N-dealkylation sites (N-methyl/N-ethyl adjacent to an activating group) is 1. The molecule has 1 N–H and O–H groups in total. The van der Waals surface area contributed by atoms with Gasteiger partial charge in [-0.15, -0.1) is 0 Å². The van der Waals surface area contributed by atoms with Crippen molar-refractivity contribution in [1.29, 1.82) is 0 Å². The van der Waals surface area contributed by atoms with Crippen LogP contribution in [0.3, 0.4) is 0 Å². The highest BCUT2D eigenvalue weighted by atomic mass is 32.2. The molecule has 0 unspecified atom stereocenters. The smallest absolute Gasteiger partial charge is 0.264 e. The van der Waals surface area contributed by atoms with Crippen LogP contribution >= 0.6 is 0 Å². The maximum atomic E-state index is 14.7. The van der Waals surface area contributed by atoms with E-state index in [1.807, 2.05) is 18.2 Å². The van der Waals surface area contributed by atoms with Gasteiger partial charge in [0.05, 0.1) is 48.1 Å². The molecule has 2 saturated heterocycles. The van der Waals surface area contributed by atoms with Crippen LogP contribution in [0.1, 0.15) is 128 Å². The van der Waals surface area contributed by atoms with Gasteiger partial charge in [-0.2, -0.15) is 5.10 Å². The predicted octanol–water partition coefficient (Wildman–Crippen LogP) is 7.23. The van der Waals surface area contributed by atoms with Crippen molar-refractivity contribution in [1.82, 2.24) is 28.9 Å². The molecule has 0 radical (unpaired) electrons. The van der Waals surface area contributed by atoms with Gasteiger partial charge in [-0.05, 0) is 118 Å². The molecule has 12 heteroatoms. The van der Waals surface area contributed by atoms with Crippen LogP contribution in [0.25, 0.3) is 33.8 Å². The summed E-state index contributed by atoms with van der Waals surface area (Å²) in [5.74, 6) is 0.486. The largest absolute Gasteiger partial charge is 0.497 e. The summed E-state index contributed by atoms with van der Waals surface area (Å²) in [7, 11) is -2.15. The van der Waals surface area contributed by atoms with Crippen molar-refractivity contribution in [2.75, 3.05) is 26.7 Å². The first kappa shape index (κ1) is 36.2. The molecule has 2 saturated carbocycles. The Morgan fingerprint density at radius 2 is 1.75 bits per heavy atom. The van der Waals surface area contributed by atoms with Gasteiger partial charge in [0.1, 0.15) is 5.75 Å². The number of benzene rings is 2. The zero-order valence-electron chi connectivity index (χ0n) is 32.4. The molecule has 4 aromatic rings. The average molecular weight is 765 g/mol. The maximum absolute atomic E-state index is 14.7. The topological polar surface area (TPSA) is 119 Å². The highest BCUT2D eigenvalue weighted by molar-refractivity contribution is 7.90. The average Bonchev–Trinajstić information content (AvgIpc) is 3.93. The number of sulfonamides is 1. The lowest BCUT2D eigenvalue weighted by atomic mass is 9.81. The number of piperazine rings is 1. The van der Waals surface area contributed by atoms with Crippen LogP contribution < -0.4 is 9.46 Å². The molecule has 5 aliphatic rings. The summed E-state index contributed by atoms with van der Waals surface area (Å²) in [5, 5.41) is 5.30. The SMILES string of the molecule is CCN1C[C@H]2C[C@@H]1CN2C(=O)c1cnn(C2CCC2)c1C1=Cc2cc(OC)ccc2-c2c(C3CCCCC3)c3ccc(C(=O)NS(=O)(=O)C(C)C)cc3n2C1. The first-order valence-electron chi connectivity index (χ1n) is 20.3. The summed E-state index contributed by atoms with van der Waals surface area (Å²) in [4.78, 5) is 32.9. The Hall–Kier alpha value is -4.42. The van der Waals surface area contributed by atoms with Gasteiger partial charge < -0.3 is 14.2 Å². The number of carbonyl (C=O) groups excluding carboxylic acids is 2. The lowest BCUT2D eigenvalue weighted by Gasteiger charge is -2.34. The van der Waals surface area contributed by atoms with Crippen molar-refractivity contribution in [3.05, 3.63) is 70.5 Å². The minimum Gasteiger partial charge on any atom is -0.497 e. The Morgan fingerprint density at radius 3 is 2.42 bits per heavy atom. The predicted molar refractivity (Wildman–Crippen MR) is 215 cm³/mol. The van der Waals surface area contributed by atoms with Crippen molar-refractivity contribution >= 4 is 44.4 Å². The minimum atomic E-state index is -3.83. The molecular formula is C43H52N6O5S. The second-order valence-corrected chi connectivity index (χ2v) is 18.8. The Bertz CT molecular complexity index is 2330. The van der Waals surface area contributed by atoms with E-state index < -0.39 is 21.2 Å². The fraction of sp³-hybridized carbons (Fsp3) is 0.512. The maximum Gasteiger partial charge on any atom is 0.264 e. The lowest BCUT2D eigenvalue weighted by Crippen LogP contribution is -2.48. The number of likely N-dealkylation sites (tertiary alicyclic amines) is 2. The monoisotopic (exact) mass is 764 g/mol. The second kappa shape index (κ2) is 14.0. The molecule has 4 fully saturated rings. The number of nitrogens with one attached hydrogen (secondary N) is 1. The van der Waals surface area contributed by atoms with Gasteiger partial charge in [0, 0.05) is 47.2 Å². The molecule has 2 atom stereocenters. The van der Waals surface area contributed by atoms with Gasteiger partial charge in [-0.1, -0.05) is 32.3 Å². The van der Waals surface area contributed by atoms with E-state index in [1.165, 1.54) is 12.0 Å². The molecule has 3 aliphatic heterocycles. The minimum absolute atomic E-state index is 0.0469. The number of rotatable bonds is 9. The molecule has 9 rings (SSSR count). The Labute approximate surface area is 323 Å². The number of hydrogen-bond donors (Lipinski definition) is 1. The fourth-order valence-corrected chi connectivity index (χ4v) is 10.5. The van der Waals surface area contributed by atoms with Crippen LogP contribution in [-0.2, 0) is 16.6 Å². The van der Waals surface area contributed by atoms with Crippen LogP contribution in [0.2, 0.25) is 0 Å². The third-order valence-corrected chi connectivity index (χ3v) is 14.9. The molecule has 55 heavy (non-hydrogen) atoms. The van der Waals surface area contributed by atoms with E-state index in [2.05, 4.69) is 48.9 Å². The van der Waals surface area contributed by atoms with E-state index in [4.69, 9.17) is 9.84 Å². The van der Waals surface area contributed by atoms with Crippen molar-refractivity contribution in [3.8, 4) is 17.0 Å². The Balaban J connectivity index is 1.24. The summed E-state index contributed by atoms with van der Waals surface area (Å²) < 4.78 is 38.1. The summed E-state index contributed by atoms with van der Waals surface area (Å²) in [5.41, 5.74) is 8.11. The molecule has 11 nitrogen and oxygen atoms in total. The Morgan fingerprint density at radius 1 is 0.945 bits per heavy atom. The van der Waals surface area contributed by atoms with Gasteiger partial charge in [-0.25, -0.2) is 13.1 Å². The molecule has 2 aromatic heterocycles. The third kappa shape index (κ3) is 6.11. The second-order valence-electron chi connectivity index (χ2n) is 16.6. The summed E-state index contributed by atoms with van der Waals surface area (Å²) >= 11 is 0. The van der Waals surface area contributed by atoms with Crippen molar-refractivity contribution in [2.24, 2.45) is 0 Å². The summed E-state index contributed by atoms with van der Waals surface area (Å²) in [6.07, 6.45) is 13.9. The quantitative estimate of drug-likeness (QED) is 0.191. The van der Waals surface area contributed by atoms with Crippen LogP contribution in [0.5, 0.6) is 5.75 Å². The number of aromatic nitrogens is 3. The fourth-order valence-electron chi connectivity index (χ4n) is 9.92. The number of amides is 2. The van der Waals surface area contributed by atoms with E-state index in [-0.39, 0.29) is 23.6 Å². The van der Waals surface area contributed by atoms with E-state index in [9.17, 15) is 18.0 Å². The number of carbonyl (C=O) groups is 2. The number of ether oxygens (including phenoxy) is 1. The molecular weight excluding hydrogens is 713 g/mol. The molecule has 5 heterocycles. The number of fused-ring (bicyclic) bond motifs is 7. The zero-order valence-corrected chi connectivity index (χ0v) is 33.2. The van der Waals surface area contributed by atoms with Crippen LogP contribution in [0.4, 0.5) is 0 Å². The zero-order chi connectivity index (χ0) is 38.2. The first-order chi connectivity index (χ1) is 26.6. The highest BCUT2D eigenvalue weighted by Crippen LogP contribution is 2.49. The van der Waals surface area contributed by atoms with Gasteiger partial charge in [0.2, 0.25) is 10.0 Å². The number of nitrogens with zero attached hydrogens (tertiary/aromatic N) is 5. The lowest BCUT2D eigenvalue weighted by molar-refractivity contribution is 0.0630. The van der Waals surface area contributed by atoms with Gasteiger partial charge in [0.25, 0.3) is 11.8 Å². The first-order valence-corrected chi connectivity index (χ1v) is 21.8. The van der Waals surface area contributed by atoms with Gasteiger partial charge >= 0.3 is 0 Å². The molecule has 0 spiro atoms. The van der Waals surface area contributed by atoms with E-state index in [1.54, 1.807) is 33.2 Å².